The summed E-state index contributed by atoms with van der Waals surface area (Å²) < 4.78 is 5.28. The normalized spacial score (nSPS) is 10.8. The zero-order chi connectivity index (χ0) is 16.9. The molecule has 0 saturated heterocycles. The molecular formula is C18H21N5O. The van der Waals surface area contributed by atoms with Crippen molar-refractivity contribution in [1.82, 2.24) is 15.1 Å². The largest absolute Gasteiger partial charge is 0.382 e. The lowest BCUT2D eigenvalue weighted by Gasteiger charge is -2.14. The maximum Gasteiger partial charge on any atom is 0.261 e. The second kappa shape index (κ2) is 7.12. The molecule has 1 aromatic carbocycles. The van der Waals surface area contributed by atoms with Gasteiger partial charge in [0.15, 0.2) is 5.82 Å². The first-order valence-electron chi connectivity index (χ1n) is 7.97. The van der Waals surface area contributed by atoms with Crippen LogP contribution in [0.25, 0.3) is 11.5 Å². The Kier molecular flexibility index (Phi) is 4.74. The maximum atomic E-state index is 5.28. The van der Waals surface area contributed by atoms with Gasteiger partial charge in [0, 0.05) is 24.8 Å². The van der Waals surface area contributed by atoms with Crippen LogP contribution in [0.1, 0.15) is 25.2 Å². The Balaban J connectivity index is 1.84. The van der Waals surface area contributed by atoms with Gasteiger partial charge < -0.3 is 15.2 Å². The van der Waals surface area contributed by atoms with Gasteiger partial charge in [0.05, 0.1) is 11.3 Å². The average molecular weight is 323 g/mol. The van der Waals surface area contributed by atoms with Gasteiger partial charge in [0.25, 0.3) is 5.89 Å². The van der Waals surface area contributed by atoms with Gasteiger partial charge in [-0.3, -0.25) is 0 Å². The molecule has 0 unspecified atom stereocenters. The zero-order valence-corrected chi connectivity index (χ0v) is 14.1. The van der Waals surface area contributed by atoms with Gasteiger partial charge in [0.1, 0.15) is 5.82 Å². The molecule has 0 aliphatic heterocycles. The molecule has 0 spiro atoms. The highest BCUT2D eigenvalue weighted by molar-refractivity contribution is 5.74. The molecule has 0 radical (unpaired) electrons. The van der Waals surface area contributed by atoms with Crippen molar-refractivity contribution in [1.29, 1.82) is 0 Å². The van der Waals surface area contributed by atoms with Gasteiger partial charge in [0.2, 0.25) is 0 Å². The zero-order valence-electron chi connectivity index (χ0n) is 14.1. The summed E-state index contributed by atoms with van der Waals surface area (Å²) >= 11 is 0. The van der Waals surface area contributed by atoms with Crippen LogP contribution < -0.4 is 10.6 Å². The van der Waals surface area contributed by atoms with Crippen molar-refractivity contribution in [3.8, 4) is 11.5 Å². The Morgan fingerprint density at radius 3 is 2.62 bits per heavy atom. The van der Waals surface area contributed by atoms with Gasteiger partial charge >= 0.3 is 0 Å². The molecule has 2 heterocycles. The molecule has 0 saturated carbocycles. The van der Waals surface area contributed by atoms with E-state index >= 15 is 0 Å². The van der Waals surface area contributed by atoms with Crippen LogP contribution in [0, 0.1) is 6.92 Å². The lowest BCUT2D eigenvalue weighted by Crippen LogP contribution is -2.12. The minimum Gasteiger partial charge on any atom is -0.382 e. The topological polar surface area (TPSA) is 75.9 Å². The van der Waals surface area contributed by atoms with E-state index in [-0.39, 0.29) is 6.04 Å². The van der Waals surface area contributed by atoms with E-state index in [2.05, 4.69) is 51.7 Å². The highest BCUT2D eigenvalue weighted by atomic mass is 16.5. The summed E-state index contributed by atoms with van der Waals surface area (Å²) in [5, 5.41) is 10.6. The van der Waals surface area contributed by atoms with E-state index in [4.69, 9.17) is 4.52 Å². The molecule has 0 atom stereocenters. The number of benzene rings is 1. The minimum absolute atomic E-state index is 0.275. The standard InChI is InChI=1S/C18H21N5O/c1-12(2)21-16-9-17(19-10-14-7-5-4-6-8-14)20-11-15(16)18-22-13(3)23-24-18/h4-9,11-12H,10H2,1-3H3,(H2,19,20,21). The predicted molar refractivity (Wildman–Crippen MR) is 94.8 cm³/mol. The van der Waals surface area contributed by atoms with E-state index in [1.54, 1.807) is 13.1 Å². The highest BCUT2D eigenvalue weighted by Gasteiger charge is 2.14. The van der Waals surface area contributed by atoms with Gasteiger partial charge in [-0.2, -0.15) is 4.98 Å². The van der Waals surface area contributed by atoms with Crippen LogP contribution in [0.2, 0.25) is 0 Å². The Morgan fingerprint density at radius 1 is 1.17 bits per heavy atom. The van der Waals surface area contributed by atoms with E-state index in [1.807, 2.05) is 24.3 Å². The fraction of sp³-hybridized carbons (Fsp3) is 0.278. The molecule has 3 rings (SSSR count). The molecule has 124 valence electrons. The van der Waals surface area contributed by atoms with Crippen molar-refractivity contribution >= 4 is 11.5 Å². The molecule has 0 fully saturated rings. The lowest BCUT2D eigenvalue weighted by atomic mass is 10.2. The quantitative estimate of drug-likeness (QED) is 0.717. The molecule has 3 aromatic rings. The van der Waals surface area contributed by atoms with Crippen LogP contribution in [0.4, 0.5) is 11.5 Å². The minimum atomic E-state index is 0.275. The average Bonchev–Trinajstić information content (AvgIpc) is 3.00. The molecule has 2 N–H and O–H groups in total. The van der Waals surface area contributed by atoms with Crippen molar-refractivity contribution < 1.29 is 4.52 Å². The number of hydrogen-bond acceptors (Lipinski definition) is 6. The molecular weight excluding hydrogens is 302 g/mol. The lowest BCUT2D eigenvalue weighted by molar-refractivity contribution is 0.425. The molecule has 2 aromatic heterocycles. The third-order valence-electron chi connectivity index (χ3n) is 3.42. The Hall–Kier alpha value is -2.89. The van der Waals surface area contributed by atoms with Crippen molar-refractivity contribution in [3.05, 3.63) is 54.0 Å². The third kappa shape index (κ3) is 3.90. The number of nitrogens with one attached hydrogen (secondary N) is 2. The monoisotopic (exact) mass is 323 g/mol. The van der Waals surface area contributed by atoms with Crippen molar-refractivity contribution in [3.63, 3.8) is 0 Å². The van der Waals surface area contributed by atoms with Crippen molar-refractivity contribution in [2.75, 3.05) is 10.6 Å². The number of rotatable bonds is 6. The fourth-order valence-electron chi connectivity index (χ4n) is 2.35. The Bertz CT molecular complexity index is 798. The summed E-state index contributed by atoms with van der Waals surface area (Å²) in [6.45, 7) is 6.68. The van der Waals surface area contributed by atoms with Crippen LogP contribution in [-0.4, -0.2) is 21.2 Å². The number of pyridine rings is 1. The second-order valence-electron chi connectivity index (χ2n) is 5.90. The van der Waals surface area contributed by atoms with E-state index in [1.165, 1.54) is 5.56 Å². The first-order chi connectivity index (χ1) is 11.6. The number of anilines is 2. The summed E-state index contributed by atoms with van der Waals surface area (Å²) in [4.78, 5) is 8.76. The van der Waals surface area contributed by atoms with E-state index in [0.29, 0.717) is 18.3 Å². The molecule has 6 heteroatoms. The fourth-order valence-corrected chi connectivity index (χ4v) is 2.35. The first-order valence-corrected chi connectivity index (χ1v) is 7.97. The third-order valence-corrected chi connectivity index (χ3v) is 3.42. The first kappa shape index (κ1) is 16.0. The summed E-state index contributed by atoms with van der Waals surface area (Å²) in [5.74, 6) is 1.87. The van der Waals surface area contributed by atoms with Crippen LogP contribution >= 0.6 is 0 Å². The number of aryl methyl sites for hydroxylation is 1. The highest BCUT2D eigenvalue weighted by Crippen LogP contribution is 2.28. The number of aromatic nitrogens is 3. The smallest absolute Gasteiger partial charge is 0.261 e. The molecule has 0 bridgehead atoms. The van der Waals surface area contributed by atoms with Crippen LogP contribution in [0.3, 0.4) is 0 Å². The second-order valence-corrected chi connectivity index (χ2v) is 5.90. The van der Waals surface area contributed by atoms with E-state index < -0.39 is 0 Å². The van der Waals surface area contributed by atoms with Crippen molar-refractivity contribution in [2.45, 2.75) is 33.4 Å². The van der Waals surface area contributed by atoms with Crippen LogP contribution in [0.15, 0.2) is 47.1 Å². The van der Waals surface area contributed by atoms with Crippen LogP contribution in [0.5, 0.6) is 0 Å². The molecule has 0 aliphatic rings. The van der Waals surface area contributed by atoms with Gasteiger partial charge in [-0.15, -0.1) is 0 Å². The molecule has 24 heavy (non-hydrogen) atoms. The summed E-state index contributed by atoms with van der Waals surface area (Å²) in [5.41, 5.74) is 2.92. The maximum absolute atomic E-state index is 5.28. The summed E-state index contributed by atoms with van der Waals surface area (Å²) in [7, 11) is 0. The summed E-state index contributed by atoms with van der Waals surface area (Å²) in [6, 6.07) is 12.5. The molecule has 6 nitrogen and oxygen atoms in total. The SMILES string of the molecule is Cc1noc(-c2cnc(NCc3ccccc3)cc2NC(C)C)n1. The Labute approximate surface area is 141 Å². The number of nitrogens with zero attached hydrogens (tertiary/aromatic N) is 3. The van der Waals surface area contributed by atoms with Gasteiger partial charge in [-0.25, -0.2) is 4.98 Å². The van der Waals surface area contributed by atoms with Crippen LogP contribution in [-0.2, 0) is 6.54 Å². The van der Waals surface area contributed by atoms with E-state index in [0.717, 1.165) is 17.1 Å². The van der Waals surface area contributed by atoms with Gasteiger partial charge in [-0.05, 0) is 26.3 Å². The predicted octanol–water partition coefficient (Wildman–Crippen LogP) is 3.87. The van der Waals surface area contributed by atoms with Crippen molar-refractivity contribution in [2.24, 2.45) is 0 Å². The molecule has 0 aliphatic carbocycles. The summed E-state index contributed by atoms with van der Waals surface area (Å²) in [6.07, 6.45) is 1.75. The Morgan fingerprint density at radius 2 is 1.96 bits per heavy atom. The van der Waals surface area contributed by atoms with E-state index in [9.17, 15) is 0 Å². The molecule has 0 amide bonds. The van der Waals surface area contributed by atoms with Gasteiger partial charge in [-0.1, -0.05) is 35.5 Å². The number of hydrogen-bond donors (Lipinski definition) is 2.